The van der Waals surface area contributed by atoms with Crippen LogP contribution in [-0.2, 0) is 15.7 Å². The molecule has 1 atom stereocenters. The molecule has 0 amide bonds. The first-order valence-electron chi connectivity index (χ1n) is 8.78. The van der Waals surface area contributed by atoms with E-state index in [4.69, 9.17) is 4.74 Å². The third kappa shape index (κ3) is 5.85. The van der Waals surface area contributed by atoms with Crippen molar-refractivity contribution in [1.29, 1.82) is 0 Å². The van der Waals surface area contributed by atoms with Gasteiger partial charge in [0.25, 0.3) is 0 Å². The first kappa shape index (κ1) is 21.5. The fraction of sp³-hybridized carbons (Fsp3) is 0.364. The second kappa shape index (κ2) is 8.47. The monoisotopic (exact) mass is 389 g/mol. The minimum atomic E-state index is -4.43. The summed E-state index contributed by atoms with van der Waals surface area (Å²) in [5, 5.41) is 0. The molecule has 2 aromatic rings. The number of hydrogen-bond acceptors (Lipinski definition) is 3. The highest BCUT2D eigenvalue weighted by atomic mass is 19.4. The summed E-state index contributed by atoms with van der Waals surface area (Å²) in [6.45, 7) is 6.95. The summed E-state index contributed by atoms with van der Waals surface area (Å²) in [6, 6.07) is 8.24. The van der Waals surface area contributed by atoms with E-state index < -0.39 is 29.2 Å². The SMILES string of the molecule is CC#Cc1cccnc1[C@@H](CC(=O)OC(C)(C)C)c1ccc(C(F)(F)F)cc1. The van der Waals surface area contributed by atoms with Gasteiger partial charge in [-0.1, -0.05) is 18.1 Å². The van der Waals surface area contributed by atoms with E-state index in [1.54, 1.807) is 46.0 Å². The summed E-state index contributed by atoms with van der Waals surface area (Å²) in [5.41, 5.74) is 0.275. The van der Waals surface area contributed by atoms with Gasteiger partial charge >= 0.3 is 12.1 Å². The van der Waals surface area contributed by atoms with Gasteiger partial charge in [0.15, 0.2) is 0 Å². The van der Waals surface area contributed by atoms with Gasteiger partial charge in [-0.05, 0) is 57.5 Å². The highest BCUT2D eigenvalue weighted by molar-refractivity contribution is 5.72. The summed E-state index contributed by atoms with van der Waals surface area (Å²) in [7, 11) is 0. The molecule has 0 N–H and O–H groups in total. The van der Waals surface area contributed by atoms with Crippen molar-refractivity contribution in [2.75, 3.05) is 0 Å². The van der Waals surface area contributed by atoms with Gasteiger partial charge in [0.2, 0.25) is 0 Å². The summed E-state index contributed by atoms with van der Waals surface area (Å²) >= 11 is 0. The number of benzene rings is 1. The Morgan fingerprint density at radius 2 is 1.79 bits per heavy atom. The van der Waals surface area contributed by atoms with Crippen LogP contribution in [-0.4, -0.2) is 16.6 Å². The molecule has 28 heavy (non-hydrogen) atoms. The molecule has 3 nitrogen and oxygen atoms in total. The van der Waals surface area contributed by atoms with Crippen molar-refractivity contribution in [2.45, 2.75) is 51.8 Å². The average Bonchev–Trinajstić information content (AvgIpc) is 2.58. The van der Waals surface area contributed by atoms with Crippen LogP contribution in [0, 0.1) is 11.8 Å². The highest BCUT2D eigenvalue weighted by Crippen LogP contribution is 2.34. The van der Waals surface area contributed by atoms with Gasteiger partial charge in [0.05, 0.1) is 17.7 Å². The molecule has 148 valence electrons. The van der Waals surface area contributed by atoms with Crippen LogP contribution in [0.3, 0.4) is 0 Å². The third-order valence-electron chi connectivity index (χ3n) is 3.86. The van der Waals surface area contributed by atoms with Crippen LogP contribution >= 0.6 is 0 Å². The quantitative estimate of drug-likeness (QED) is 0.524. The molecule has 2 rings (SSSR count). The molecule has 0 radical (unpaired) electrons. The molecule has 0 spiro atoms. The number of nitrogens with zero attached hydrogens (tertiary/aromatic N) is 1. The number of halogens is 3. The lowest BCUT2D eigenvalue weighted by atomic mass is 9.89. The van der Waals surface area contributed by atoms with Crippen molar-refractivity contribution in [3.8, 4) is 11.8 Å². The van der Waals surface area contributed by atoms with E-state index in [2.05, 4.69) is 16.8 Å². The minimum Gasteiger partial charge on any atom is -0.460 e. The van der Waals surface area contributed by atoms with Gasteiger partial charge in [0.1, 0.15) is 5.60 Å². The second-order valence-electron chi connectivity index (χ2n) is 7.27. The Morgan fingerprint density at radius 1 is 1.14 bits per heavy atom. The Morgan fingerprint density at radius 3 is 2.32 bits per heavy atom. The fourth-order valence-electron chi connectivity index (χ4n) is 2.76. The maximum atomic E-state index is 12.9. The van der Waals surface area contributed by atoms with E-state index >= 15 is 0 Å². The van der Waals surface area contributed by atoms with Crippen molar-refractivity contribution in [2.24, 2.45) is 0 Å². The lowest BCUT2D eigenvalue weighted by Gasteiger charge is -2.23. The summed E-state index contributed by atoms with van der Waals surface area (Å²) in [4.78, 5) is 16.8. The number of ether oxygens (including phenoxy) is 1. The van der Waals surface area contributed by atoms with Gasteiger partial charge < -0.3 is 4.74 Å². The zero-order valence-electron chi connectivity index (χ0n) is 16.2. The number of alkyl halides is 3. The number of pyridine rings is 1. The summed E-state index contributed by atoms with van der Waals surface area (Å²) < 4.78 is 44.1. The molecule has 1 aromatic heterocycles. The van der Waals surface area contributed by atoms with Crippen LogP contribution in [0.4, 0.5) is 13.2 Å². The zero-order valence-corrected chi connectivity index (χ0v) is 16.2. The van der Waals surface area contributed by atoms with Crippen LogP contribution in [0.5, 0.6) is 0 Å². The maximum absolute atomic E-state index is 12.9. The topological polar surface area (TPSA) is 39.2 Å². The van der Waals surface area contributed by atoms with Gasteiger partial charge in [-0.25, -0.2) is 0 Å². The fourth-order valence-corrected chi connectivity index (χ4v) is 2.76. The van der Waals surface area contributed by atoms with Crippen molar-refractivity contribution in [3.05, 3.63) is 65.0 Å². The number of carbonyl (C=O) groups excluding carboxylic acids is 1. The van der Waals surface area contributed by atoms with E-state index in [9.17, 15) is 18.0 Å². The molecule has 0 saturated heterocycles. The smallest absolute Gasteiger partial charge is 0.416 e. The van der Waals surface area contributed by atoms with Crippen molar-refractivity contribution in [3.63, 3.8) is 0 Å². The number of hydrogen-bond donors (Lipinski definition) is 0. The predicted molar refractivity (Wildman–Crippen MR) is 101 cm³/mol. The van der Waals surface area contributed by atoms with Crippen LogP contribution in [0.15, 0.2) is 42.6 Å². The summed E-state index contributed by atoms with van der Waals surface area (Å²) in [6.07, 6.45) is -2.91. The second-order valence-corrected chi connectivity index (χ2v) is 7.27. The number of rotatable bonds is 4. The zero-order chi connectivity index (χ0) is 20.9. The van der Waals surface area contributed by atoms with Gasteiger partial charge in [-0.2, -0.15) is 13.2 Å². The van der Waals surface area contributed by atoms with E-state index in [-0.39, 0.29) is 6.42 Å². The molecule has 0 fully saturated rings. The van der Waals surface area contributed by atoms with E-state index in [1.807, 2.05) is 0 Å². The first-order chi connectivity index (χ1) is 13.0. The molecule has 6 heteroatoms. The average molecular weight is 389 g/mol. The lowest BCUT2D eigenvalue weighted by molar-refractivity contribution is -0.155. The Labute approximate surface area is 162 Å². The van der Waals surface area contributed by atoms with Crippen LogP contribution in [0.25, 0.3) is 0 Å². The molecule has 0 aliphatic rings. The van der Waals surface area contributed by atoms with Gasteiger partial charge in [-0.15, -0.1) is 5.92 Å². The predicted octanol–water partition coefficient (Wildman–Crippen LogP) is 5.34. The molecule has 1 aromatic carbocycles. The first-order valence-corrected chi connectivity index (χ1v) is 8.78. The molecule has 0 bridgehead atoms. The van der Waals surface area contributed by atoms with E-state index in [0.717, 1.165) is 12.1 Å². The Balaban J connectivity index is 2.47. The van der Waals surface area contributed by atoms with E-state index in [1.165, 1.54) is 12.1 Å². The molecule has 0 aliphatic carbocycles. The Hall–Kier alpha value is -2.81. The lowest BCUT2D eigenvalue weighted by Crippen LogP contribution is -2.25. The summed E-state index contributed by atoms with van der Waals surface area (Å²) in [5.74, 6) is 4.70. The maximum Gasteiger partial charge on any atom is 0.416 e. The third-order valence-corrected chi connectivity index (χ3v) is 3.86. The minimum absolute atomic E-state index is 0.0575. The highest BCUT2D eigenvalue weighted by Gasteiger charge is 2.31. The van der Waals surface area contributed by atoms with Gasteiger partial charge in [0, 0.05) is 17.7 Å². The Kier molecular flexibility index (Phi) is 6.50. The molecular formula is C22H22F3NO2. The number of carbonyl (C=O) groups is 1. The molecular weight excluding hydrogens is 367 g/mol. The molecule has 0 saturated carbocycles. The van der Waals surface area contributed by atoms with Crippen LogP contribution < -0.4 is 0 Å². The van der Waals surface area contributed by atoms with Crippen molar-refractivity contribution < 1.29 is 22.7 Å². The largest absolute Gasteiger partial charge is 0.460 e. The van der Waals surface area contributed by atoms with Crippen LogP contribution in [0.2, 0.25) is 0 Å². The normalized spacial score (nSPS) is 12.7. The van der Waals surface area contributed by atoms with Gasteiger partial charge in [-0.3, -0.25) is 9.78 Å². The molecule has 0 unspecified atom stereocenters. The number of esters is 1. The van der Waals surface area contributed by atoms with Crippen LogP contribution in [0.1, 0.15) is 62.4 Å². The van der Waals surface area contributed by atoms with Crippen molar-refractivity contribution in [1.82, 2.24) is 4.98 Å². The Bertz CT molecular complexity index is 885. The standard InChI is InChI=1S/C22H22F3NO2/c1-5-7-16-8-6-13-26-20(16)18(14-19(27)28-21(2,3)4)15-9-11-17(12-10-15)22(23,24)25/h6,8-13,18H,14H2,1-4H3/t18-/m0/s1. The number of aromatic nitrogens is 1. The molecule has 0 aliphatic heterocycles. The van der Waals surface area contributed by atoms with Crippen molar-refractivity contribution >= 4 is 5.97 Å². The molecule has 1 heterocycles. The van der Waals surface area contributed by atoms with E-state index in [0.29, 0.717) is 16.8 Å².